The largest absolute Gasteiger partial charge is 0.484 e. The Morgan fingerprint density at radius 1 is 1.25 bits per heavy atom. The van der Waals surface area contributed by atoms with Gasteiger partial charge in [-0.25, -0.2) is 0 Å². The van der Waals surface area contributed by atoms with Gasteiger partial charge in [-0.05, 0) is 49.4 Å². The Morgan fingerprint density at radius 2 is 2.00 bits per heavy atom. The molecule has 20 heavy (non-hydrogen) atoms. The fraction of sp³-hybridized carbons (Fsp3) is 0.562. The van der Waals surface area contributed by atoms with E-state index >= 15 is 0 Å². The van der Waals surface area contributed by atoms with Crippen molar-refractivity contribution in [2.75, 3.05) is 11.9 Å². The van der Waals surface area contributed by atoms with E-state index in [0.29, 0.717) is 11.8 Å². The summed E-state index contributed by atoms with van der Waals surface area (Å²) in [4.78, 5) is 10.6. The lowest BCUT2D eigenvalue weighted by molar-refractivity contribution is -0.119. The van der Waals surface area contributed by atoms with Crippen molar-refractivity contribution in [2.24, 2.45) is 11.7 Å². The second kappa shape index (κ2) is 7.17. The summed E-state index contributed by atoms with van der Waals surface area (Å²) in [5.74, 6) is 1.06. The highest BCUT2D eigenvalue weighted by molar-refractivity contribution is 5.75. The number of benzene rings is 1. The van der Waals surface area contributed by atoms with E-state index in [0.717, 1.165) is 11.6 Å². The zero-order valence-corrected chi connectivity index (χ0v) is 12.1. The Hall–Kier alpha value is -1.71. The zero-order valence-electron chi connectivity index (χ0n) is 12.1. The number of hydrogen-bond donors (Lipinski definition) is 2. The van der Waals surface area contributed by atoms with Crippen molar-refractivity contribution in [3.05, 3.63) is 24.3 Å². The molecule has 2 atom stereocenters. The minimum absolute atomic E-state index is 0.0761. The van der Waals surface area contributed by atoms with E-state index in [1.807, 2.05) is 24.3 Å². The summed E-state index contributed by atoms with van der Waals surface area (Å²) in [5.41, 5.74) is 6.15. The van der Waals surface area contributed by atoms with Gasteiger partial charge in [0, 0.05) is 11.7 Å². The summed E-state index contributed by atoms with van der Waals surface area (Å²) in [5, 5.41) is 3.59. The maximum Gasteiger partial charge on any atom is 0.255 e. The van der Waals surface area contributed by atoms with Gasteiger partial charge in [-0.2, -0.15) is 0 Å². The van der Waals surface area contributed by atoms with Gasteiger partial charge in [0.15, 0.2) is 6.61 Å². The minimum atomic E-state index is -0.459. The van der Waals surface area contributed by atoms with Crippen LogP contribution in [-0.4, -0.2) is 18.6 Å². The number of primary amides is 1. The lowest BCUT2D eigenvalue weighted by atomic mass is 10.0. The molecule has 1 amide bonds. The predicted octanol–water partition coefficient (Wildman–Crippen LogP) is 2.93. The van der Waals surface area contributed by atoms with E-state index in [9.17, 15) is 4.79 Å². The fourth-order valence-electron chi connectivity index (χ4n) is 2.67. The quantitative estimate of drug-likeness (QED) is 0.813. The number of rotatable bonds is 5. The monoisotopic (exact) mass is 276 g/mol. The first-order valence-corrected chi connectivity index (χ1v) is 7.41. The molecule has 0 radical (unpaired) electrons. The molecule has 1 aliphatic carbocycles. The Bertz CT molecular complexity index is 431. The molecule has 1 aromatic carbocycles. The van der Waals surface area contributed by atoms with Gasteiger partial charge in [0.2, 0.25) is 0 Å². The lowest BCUT2D eigenvalue weighted by Crippen LogP contribution is -2.20. The van der Waals surface area contributed by atoms with Crippen LogP contribution in [0.5, 0.6) is 5.75 Å². The predicted molar refractivity (Wildman–Crippen MR) is 80.8 cm³/mol. The number of anilines is 1. The molecule has 110 valence electrons. The van der Waals surface area contributed by atoms with Crippen molar-refractivity contribution in [3.63, 3.8) is 0 Å². The molecule has 2 rings (SSSR count). The molecule has 0 saturated heterocycles. The lowest BCUT2D eigenvalue weighted by Gasteiger charge is -2.18. The van der Waals surface area contributed by atoms with Crippen LogP contribution in [0.2, 0.25) is 0 Å². The van der Waals surface area contributed by atoms with Crippen LogP contribution in [-0.2, 0) is 4.79 Å². The van der Waals surface area contributed by atoms with Gasteiger partial charge in [0.25, 0.3) is 5.91 Å². The highest BCUT2D eigenvalue weighted by Crippen LogP contribution is 2.25. The first-order valence-electron chi connectivity index (χ1n) is 7.41. The number of carbonyl (C=O) groups is 1. The molecule has 0 spiro atoms. The zero-order chi connectivity index (χ0) is 14.4. The van der Waals surface area contributed by atoms with E-state index in [1.165, 1.54) is 32.1 Å². The normalized spacial score (nSPS) is 22.9. The average molecular weight is 276 g/mol. The van der Waals surface area contributed by atoms with Crippen LogP contribution in [0.1, 0.15) is 39.0 Å². The van der Waals surface area contributed by atoms with Gasteiger partial charge in [-0.1, -0.05) is 19.8 Å². The number of nitrogens with one attached hydrogen (secondary N) is 1. The molecule has 4 heteroatoms. The summed E-state index contributed by atoms with van der Waals surface area (Å²) >= 11 is 0. The van der Waals surface area contributed by atoms with Gasteiger partial charge in [0.1, 0.15) is 5.75 Å². The summed E-state index contributed by atoms with van der Waals surface area (Å²) in [6.45, 7) is 2.26. The van der Waals surface area contributed by atoms with E-state index in [4.69, 9.17) is 10.5 Å². The van der Waals surface area contributed by atoms with E-state index in [2.05, 4.69) is 12.2 Å². The summed E-state index contributed by atoms with van der Waals surface area (Å²) < 4.78 is 5.24. The molecule has 0 aromatic heterocycles. The first kappa shape index (κ1) is 14.7. The van der Waals surface area contributed by atoms with Gasteiger partial charge in [-0.3, -0.25) is 4.79 Å². The molecule has 4 nitrogen and oxygen atoms in total. The number of hydrogen-bond acceptors (Lipinski definition) is 3. The molecule has 0 bridgehead atoms. The van der Waals surface area contributed by atoms with Crippen LogP contribution in [0.3, 0.4) is 0 Å². The molecule has 1 aliphatic rings. The van der Waals surface area contributed by atoms with E-state index in [-0.39, 0.29) is 6.61 Å². The molecular formula is C16H24N2O2. The summed E-state index contributed by atoms with van der Waals surface area (Å²) in [7, 11) is 0. The average Bonchev–Trinajstić information content (AvgIpc) is 2.63. The number of amides is 1. The topological polar surface area (TPSA) is 64.3 Å². The van der Waals surface area contributed by atoms with Gasteiger partial charge < -0.3 is 15.8 Å². The third-order valence-electron chi connectivity index (χ3n) is 3.86. The highest BCUT2D eigenvalue weighted by atomic mass is 16.5. The first-order chi connectivity index (χ1) is 9.63. The molecular weight excluding hydrogens is 252 g/mol. The van der Waals surface area contributed by atoms with Crippen LogP contribution in [0.15, 0.2) is 24.3 Å². The molecule has 3 N–H and O–H groups in total. The maximum absolute atomic E-state index is 10.6. The van der Waals surface area contributed by atoms with Crippen LogP contribution in [0.4, 0.5) is 5.69 Å². The second-order valence-electron chi connectivity index (χ2n) is 5.73. The Labute approximate surface area is 120 Å². The molecule has 0 aliphatic heterocycles. The van der Waals surface area contributed by atoms with Crippen molar-refractivity contribution in [1.29, 1.82) is 0 Å². The Morgan fingerprint density at radius 3 is 2.70 bits per heavy atom. The third-order valence-corrected chi connectivity index (χ3v) is 3.86. The standard InChI is InChI=1S/C16H24N2O2/c1-12-3-2-4-13(6-5-12)18-14-7-9-15(10-8-14)20-11-16(17)19/h7-10,12-13,18H,2-6,11H2,1H3,(H2,17,19). The smallest absolute Gasteiger partial charge is 0.255 e. The molecule has 1 aromatic rings. The van der Waals surface area contributed by atoms with Gasteiger partial charge in [-0.15, -0.1) is 0 Å². The van der Waals surface area contributed by atoms with Crippen LogP contribution in [0, 0.1) is 5.92 Å². The van der Waals surface area contributed by atoms with E-state index in [1.54, 1.807) is 0 Å². The van der Waals surface area contributed by atoms with Crippen molar-refractivity contribution in [1.82, 2.24) is 0 Å². The Balaban J connectivity index is 1.85. The SMILES string of the molecule is CC1CCCC(Nc2ccc(OCC(N)=O)cc2)CC1. The maximum atomic E-state index is 10.6. The minimum Gasteiger partial charge on any atom is -0.484 e. The molecule has 0 heterocycles. The van der Waals surface area contributed by atoms with Gasteiger partial charge in [0.05, 0.1) is 0 Å². The molecule has 1 saturated carbocycles. The van der Waals surface area contributed by atoms with Crippen LogP contribution >= 0.6 is 0 Å². The fourth-order valence-corrected chi connectivity index (χ4v) is 2.67. The molecule has 1 fully saturated rings. The third kappa shape index (κ3) is 4.76. The summed E-state index contributed by atoms with van der Waals surface area (Å²) in [6, 6.07) is 8.28. The van der Waals surface area contributed by atoms with Crippen LogP contribution < -0.4 is 15.8 Å². The van der Waals surface area contributed by atoms with Crippen molar-refractivity contribution in [2.45, 2.75) is 45.1 Å². The van der Waals surface area contributed by atoms with Crippen molar-refractivity contribution < 1.29 is 9.53 Å². The number of nitrogens with two attached hydrogens (primary N) is 1. The number of carbonyl (C=O) groups excluding carboxylic acids is 1. The van der Waals surface area contributed by atoms with E-state index < -0.39 is 5.91 Å². The number of ether oxygens (including phenoxy) is 1. The second-order valence-corrected chi connectivity index (χ2v) is 5.73. The van der Waals surface area contributed by atoms with Crippen LogP contribution in [0.25, 0.3) is 0 Å². The van der Waals surface area contributed by atoms with Gasteiger partial charge >= 0.3 is 0 Å². The van der Waals surface area contributed by atoms with Crippen molar-refractivity contribution >= 4 is 11.6 Å². The molecule has 2 unspecified atom stereocenters. The summed E-state index contributed by atoms with van der Waals surface area (Å²) in [6.07, 6.45) is 6.43. The highest BCUT2D eigenvalue weighted by Gasteiger charge is 2.15. The Kier molecular flexibility index (Phi) is 5.27. The van der Waals surface area contributed by atoms with Crippen molar-refractivity contribution in [3.8, 4) is 5.75 Å².